The van der Waals surface area contributed by atoms with E-state index in [9.17, 15) is 4.79 Å². The van der Waals surface area contributed by atoms with E-state index in [2.05, 4.69) is 41.0 Å². The van der Waals surface area contributed by atoms with Crippen LogP contribution in [0.25, 0.3) is 32.6 Å². The molecule has 136 valence electrons. The predicted octanol–water partition coefficient (Wildman–Crippen LogP) is 5.97. The van der Waals surface area contributed by atoms with Crippen molar-refractivity contribution in [3.8, 4) is 0 Å². The topological polar surface area (TPSA) is 31.2 Å². The lowest BCUT2D eigenvalue weighted by Crippen LogP contribution is -2.21. The first-order chi connectivity index (χ1) is 13.2. The van der Waals surface area contributed by atoms with Gasteiger partial charge in [-0.1, -0.05) is 48.9 Å². The van der Waals surface area contributed by atoms with Crippen molar-refractivity contribution in [2.45, 2.75) is 38.2 Å². The maximum absolute atomic E-state index is 13.2. The molecule has 3 aromatic carbocycles. The number of aromatic nitrogens is 1. The average Bonchev–Trinajstić information content (AvgIpc) is 3.02. The molecule has 0 unspecified atom stereocenters. The summed E-state index contributed by atoms with van der Waals surface area (Å²) in [4.78, 5) is 13.2. The number of hydrogen-bond acceptors (Lipinski definition) is 2. The van der Waals surface area contributed by atoms with Crippen LogP contribution in [-0.2, 0) is 11.8 Å². The molecule has 1 heterocycles. The Kier molecular flexibility index (Phi) is 3.89. The first-order valence-electron chi connectivity index (χ1n) is 9.84. The van der Waals surface area contributed by atoms with Gasteiger partial charge in [-0.25, -0.2) is 4.79 Å². The van der Waals surface area contributed by atoms with E-state index in [-0.39, 0.29) is 12.1 Å². The minimum absolute atomic E-state index is 0.0578. The number of carbonyl (C=O) groups excluding carboxylic acids is 1. The Morgan fingerprint density at radius 1 is 0.963 bits per heavy atom. The Balaban J connectivity index is 1.76. The van der Waals surface area contributed by atoms with Gasteiger partial charge in [0, 0.05) is 23.3 Å². The number of nitrogens with zero attached hydrogens (tertiary/aromatic N) is 1. The van der Waals surface area contributed by atoms with Gasteiger partial charge in [0.15, 0.2) is 0 Å². The minimum atomic E-state index is -0.191. The summed E-state index contributed by atoms with van der Waals surface area (Å²) in [6, 6.07) is 18.7. The van der Waals surface area contributed by atoms with Gasteiger partial charge in [-0.2, -0.15) is 0 Å². The van der Waals surface area contributed by atoms with E-state index in [1.807, 2.05) is 25.2 Å². The Morgan fingerprint density at radius 2 is 1.67 bits per heavy atom. The van der Waals surface area contributed by atoms with Crippen molar-refractivity contribution in [2.75, 3.05) is 0 Å². The second kappa shape index (κ2) is 6.41. The molecule has 0 aliphatic heterocycles. The molecule has 0 amide bonds. The third-order valence-electron chi connectivity index (χ3n) is 5.94. The number of rotatable bonds is 2. The van der Waals surface area contributed by atoms with E-state index in [4.69, 9.17) is 4.74 Å². The Labute approximate surface area is 158 Å². The molecular formula is C24H23NO2. The third-order valence-corrected chi connectivity index (χ3v) is 5.94. The normalized spacial score (nSPS) is 15.6. The van der Waals surface area contributed by atoms with Crippen molar-refractivity contribution in [1.82, 2.24) is 4.57 Å². The summed E-state index contributed by atoms with van der Waals surface area (Å²) in [5.41, 5.74) is 2.78. The van der Waals surface area contributed by atoms with Crippen LogP contribution < -0.4 is 0 Å². The van der Waals surface area contributed by atoms with Crippen molar-refractivity contribution in [3.05, 3.63) is 60.2 Å². The summed E-state index contributed by atoms with van der Waals surface area (Å²) in [6.45, 7) is 0. The van der Waals surface area contributed by atoms with Crippen molar-refractivity contribution in [2.24, 2.45) is 7.05 Å². The first kappa shape index (κ1) is 16.4. The van der Waals surface area contributed by atoms with E-state index >= 15 is 0 Å². The Hall–Kier alpha value is -2.81. The van der Waals surface area contributed by atoms with Crippen LogP contribution in [0.1, 0.15) is 42.5 Å². The van der Waals surface area contributed by atoms with Crippen LogP contribution in [0.4, 0.5) is 0 Å². The molecule has 1 aliphatic rings. The molecule has 0 bridgehead atoms. The number of esters is 1. The molecule has 0 spiro atoms. The molecule has 1 aliphatic carbocycles. The standard InChI is InChI=1S/C24H23NO2/c1-25-21-14-8-7-13-19(21)22-18-12-6-5-9-16(18)15-20(23(22)25)24(26)27-17-10-3-2-4-11-17/h5-9,12-15,17H,2-4,10-11H2,1H3. The number of fused-ring (bicyclic) bond motifs is 5. The number of para-hydroxylation sites is 1. The highest BCUT2D eigenvalue weighted by molar-refractivity contribution is 6.25. The molecule has 1 saturated carbocycles. The molecule has 0 saturated heterocycles. The van der Waals surface area contributed by atoms with Gasteiger partial charge >= 0.3 is 5.97 Å². The molecule has 1 fully saturated rings. The molecule has 5 rings (SSSR count). The van der Waals surface area contributed by atoms with Gasteiger partial charge in [-0.05, 0) is 48.6 Å². The highest BCUT2D eigenvalue weighted by Gasteiger charge is 2.23. The quantitative estimate of drug-likeness (QED) is 0.414. The second-order valence-corrected chi connectivity index (χ2v) is 7.61. The lowest BCUT2D eigenvalue weighted by molar-refractivity contribution is 0.0213. The molecule has 27 heavy (non-hydrogen) atoms. The molecule has 3 nitrogen and oxygen atoms in total. The molecule has 3 heteroatoms. The SMILES string of the molecule is Cn1c2ccccc2c2c3ccccc3cc(C(=O)OC3CCCCC3)c21. The zero-order valence-electron chi connectivity index (χ0n) is 15.6. The van der Waals surface area contributed by atoms with Crippen LogP contribution in [0.2, 0.25) is 0 Å². The zero-order valence-corrected chi connectivity index (χ0v) is 15.6. The van der Waals surface area contributed by atoms with Crippen LogP contribution >= 0.6 is 0 Å². The smallest absolute Gasteiger partial charge is 0.340 e. The van der Waals surface area contributed by atoms with Gasteiger partial charge in [0.1, 0.15) is 6.10 Å². The van der Waals surface area contributed by atoms with Crippen molar-refractivity contribution in [1.29, 1.82) is 0 Å². The summed E-state index contributed by atoms with van der Waals surface area (Å²) < 4.78 is 8.07. The van der Waals surface area contributed by atoms with Gasteiger partial charge in [0.2, 0.25) is 0 Å². The van der Waals surface area contributed by atoms with E-state index in [0.29, 0.717) is 5.56 Å². The van der Waals surface area contributed by atoms with Crippen LogP contribution in [0.15, 0.2) is 54.6 Å². The summed E-state index contributed by atoms with van der Waals surface area (Å²) in [5, 5.41) is 4.58. The number of carbonyl (C=O) groups is 1. The van der Waals surface area contributed by atoms with Gasteiger partial charge in [0.25, 0.3) is 0 Å². The third kappa shape index (κ3) is 2.61. The maximum Gasteiger partial charge on any atom is 0.340 e. The van der Waals surface area contributed by atoms with Gasteiger partial charge in [-0.3, -0.25) is 0 Å². The van der Waals surface area contributed by atoms with Gasteiger partial charge in [-0.15, -0.1) is 0 Å². The summed E-state index contributed by atoms with van der Waals surface area (Å²) >= 11 is 0. The van der Waals surface area contributed by atoms with Crippen molar-refractivity contribution >= 4 is 38.5 Å². The van der Waals surface area contributed by atoms with Crippen LogP contribution in [0, 0.1) is 0 Å². The summed E-state index contributed by atoms with van der Waals surface area (Å²) in [7, 11) is 2.04. The molecule has 0 atom stereocenters. The maximum atomic E-state index is 13.2. The highest BCUT2D eigenvalue weighted by atomic mass is 16.5. The first-order valence-corrected chi connectivity index (χ1v) is 9.84. The van der Waals surface area contributed by atoms with Crippen LogP contribution in [0.3, 0.4) is 0 Å². The van der Waals surface area contributed by atoms with E-state index in [1.165, 1.54) is 17.2 Å². The monoisotopic (exact) mass is 357 g/mol. The fourth-order valence-corrected chi connectivity index (χ4v) is 4.61. The Bertz CT molecular complexity index is 1170. The van der Waals surface area contributed by atoms with Crippen LogP contribution in [0.5, 0.6) is 0 Å². The van der Waals surface area contributed by atoms with E-state index in [0.717, 1.165) is 47.5 Å². The molecule has 4 aromatic rings. The average molecular weight is 357 g/mol. The second-order valence-electron chi connectivity index (χ2n) is 7.61. The highest BCUT2D eigenvalue weighted by Crippen LogP contribution is 2.37. The lowest BCUT2D eigenvalue weighted by atomic mass is 9.97. The zero-order chi connectivity index (χ0) is 18.4. The largest absolute Gasteiger partial charge is 0.459 e. The van der Waals surface area contributed by atoms with Crippen molar-refractivity contribution in [3.63, 3.8) is 0 Å². The van der Waals surface area contributed by atoms with Gasteiger partial charge < -0.3 is 9.30 Å². The van der Waals surface area contributed by atoms with Crippen LogP contribution in [-0.4, -0.2) is 16.6 Å². The predicted molar refractivity (Wildman–Crippen MR) is 110 cm³/mol. The molecule has 0 N–H and O–H groups in total. The fraction of sp³-hybridized carbons (Fsp3) is 0.292. The fourth-order valence-electron chi connectivity index (χ4n) is 4.61. The number of aryl methyl sites for hydroxylation is 1. The van der Waals surface area contributed by atoms with E-state index < -0.39 is 0 Å². The lowest BCUT2D eigenvalue weighted by Gasteiger charge is -2.22. The Morgan fingerprint density at radius 3 is 2.48 bits per heavy atom. The molecular weight excluding hydrogens is 334 g/mol. The minimum Gasteiger partial charge on any atom is -0.459 e. The summed E-state index contributed by atoms with van der Waals surface area (Å²) in [5.74, 6) is -0.191. The van der Waals surface area contributed by atoms with Crippen molar-refractivity contribution < 1.29 is 9.53 Å². The number of ether oxygens (including phenoxy) is 1. The molecule has 1 aromatic heterocycles. The van der Waals surface area contributed by atoms with Gasteiger partial charge in [0.05, 0.1) is 11.1 Å². The summed E-state index contributed by atoms with van der Waals surface area (Å²) in [6.07, 6.45) is 5.58. The van der Waals surface area contributed by atoms with E-state index in [1.54, 1.807) is 0 Å². The molecule has 0 radical (unpaired) electrons. The number of benzene rings is 3. The number of hydrogen-bond donors (Lipinski definition) is 0.